The fraction of sp³-hybridized carbons (Fsp3) is 0.300. The number of rotatable bonds is 3. The number of alkyl halides is 3. The van der Waals surface area contributed by atoms with Gasteiger partial charge in [-0.05, 0) is 30.8 Å². The summed E-state index contributed by atoms with van der Waals surface area (Å²) in [6, 6.07) is 4.91. The molecule has 1 aromatic carbocycles. The van der Waals surface area contributed by atoms with Crippen molar-refractivity contribution >= 4 is 23.4 Å². The summed E-state index contributed by atoms with van der Waals surface area (Å²) >= 11 is -0.274. The third kappa shape index (κ3) is 4.66. The molecule has 1 amide bonds. The molecular weight excluding hydrogens is 253 g/mol. The molecule has 0 unspecified atom stereocenters. The van der Waals surface area contributed by atoms with Crippen molar-refractivity contribution in [1.82, 2.24) is 0 Å². The molecule has 0 spiro atoms. The van der Waals surface area contributed by atoms with Crippen molar-refractivity contribution < 1.29 is 18.0 Å². The predicted octanol–water partition coefficient (Wildman–Crippen LogP) is 2.58. The van der Waals surface area contributed by atoms with Gasteiger partial charge in [0, 0.05) is 4.90 Å². The summed E-state index contributed by atoms with van der Waals surface area (Å²) in [4.78, 5) is 11.2. The van der Waals surface area contributed by atoms with Gasteiger partial charge >= 0.3 is 5.51 Å². The monoisotopic (exact) mass is 264 g/mol. The lowest BCUT2D eigenvalue weighted by Crippen LogP contribution is -2.32. The van der Waals surface area contributed by atoms with Gasteiger partial charge in [0.15, 0.2) is 0 Å². The molecule has 0 saturated heterocycles. The van der Waals surface area contributed by atoms with Crippen molar-refractivity contribution in [2.24, 2.45) is 5.73 Å². The van der Waals surface area contributed by atoms with Crippen LogP contribution in [0.4, 0.5) is 18.9 Å². The topological polar surface area (TPSA) is 55.1 Å². The van der Waals surface area contributed by atoms with E-state index in [1.54, 1.807) is 0 Å². The second-order valence-electron chi connectivity index (χ2n) is 3.32. The maximum atomic E-state index is 12.2. The number of hydrogen-bond acceptors (Lipinski definition) is 3. The number of carbonyl (C=O) groups excluding carboxylic acids is 1. The molecule has 17 heavy (non-hydrogen) atoms. The number of benzene rings is 1. The van der Waals surface area contributed by atoms with E-state index >= 15 is 0 Å². The highest BCUT2D eigenvalue weighted by atomic mass is 32.2. The number of hydrogen-bond donors (Lipinski definition) is 2. The molecular formula is C10H11F3N2OS. The van der Waals surface area contributed by atoms with E-state index in [-0.39, 0.29) is 22.3 Å². The highest BCUT2D eigenvalue weighted by Crippen LogP contribution is 2.40. The fourth-order valence-corrected chi connectivity index (χ4v) is 1.66. The van der Waals surface area contributed by atoms with Gasteiger partial charge in [-0.2, -0.15) is 13.2 Å². The Labute approximate surface area is 101 Å². The number of amides is 1. The zero-order valence-electron chi connectivity index (χ0n) is 8.91. The largest absolute Gasteiger partial charge is 0.446 e. The lowest BCUT2D eigenvalue weighted by atomic mass is 10.3. The van der Waals surface area contributed by atoms with E-state index < -0.39 is 17.5 Å². The maximum absolute atomic E-state index is 12.2. The molecule has 0 radical (unpaired) electrons. The number of thioether (sulfide) groups is 1. The van der Waals surface area contributed by atoms with E-state index in [1.165, 1.54) is 31.2 Å². The lowest BCUT2D eigenvalue weighted by Gasteiger charge is -2.13. The quantitative estimate of drug-likeness (QED) is 0.825. The summed E-state index contributed by atoms with van der Waals surface area (Å²) in [7, 11) is 0. The molecule has 3 N–H and O–H groups in total. The molecule has 0 aliphatic carbocycles. The van der Waals surface area contributed by atoms with Gasteiger partial charge in [-0.3, -0.25) is 4.79 Å². The fourth-order valence-electron chi connectivity index (χ4n) is 1.03. The van der Waals surface area contributed by atoms with Gasteiger partial charge in [-0.15, -0.1) is 0 Å². The minimum atomic E-state index is -4.39. The first-order valence-electron chi connectivity index (χ1n) is 4.71. The van der Waals surface area contributed by atoms with E-state index in [9.17, 15) is 18.0 Å². The molecule has 0 heterocycles. The van der Waals surface area contributed by atoms with Gasteiger partial charge < -0.3 is 11.1 Å². The van der Waals surface area contributed by atoms with Crippen molar-refractivity contribution in [3.8, 4) is 0 Å². The van der Waals surface area contributed by atoms with E-state index in [1.807, 2.05) is 0 Å². The second kappa shape index (κ2) is 5.42. The molecule has 1 aromatic rings. The molecule has 0 saturated carbocycles. The molecule has 1 atom stereocenters. The number of nitrogens with two attached hydrogens (primary N) is 1. The summed E-state index contributed by atoms with van der Waals surface area (Å²) in [6.07, 6.45) is 0. The number of halogens is 3. The highest BCUT2D eigenvalue weighted by molar-refractivity contribution is 8.00. The number of carbonyl (C=O) groups is 1. The Hall–Kier alpha value is -1.21. The molecule has 7 heteroatoms. The van der Waals surface area contributed by atoms with Crippen LogP contribution >= 0.6 is 11.8 Å². The summed E-state index contributed by atoms with van der Waals surface area (Å²) in [6.45, 7) is 1.45. The lowest BCUT2D eigenvalue weighted by molar-refractivity contribution is -0.117. The molecule has 94 valence electrons. The molecule has 0 fully saturated rings. The van der Waals surface area contributed by atoms with Gasteiger partial charge in [-0.1, -0.05) is 12.1 Å². The van der Waals surface area contributed by atoms with Gasteiger partial charge in [-0.25, -0.2) is 0 Å². The van der Waals surface area contributed by atoms with Gasteiger partial charge in [0.25, 0.3) is 0 Å². The smallest absolute Gasteiger partial charge is 0.324 e. The molecule has 1 rings (SSSR count). The summed E-state index contributed by atoms with van der Waals surface area (Å²) < 4.78 is 36.7. The first-order chi connectivity index (χ1) is 7.79. The minimum absolute atomic E-state index is 0.0611. The molecule has 0 bridgehead atoms. The SMILES string of the molecule is C[C@@H](N)C(=O)Nc1ccccc1SC(F)(F)F. The van der Waals surface area contributed by atoms with Crippen LogP contribution < -0.4 is 11.1 Å². The van der Waals surface area contributed by atoms with Gasteiger partial charge in [0.1, 0.15) is 0 Å². The van der Waals surface area contributed by atoms with Crippen molar-refractivity contribution in [3.63, 3.8) is 0 Å². The van der Waals surface area contributed by atoms with Crippen molar-refractivity contribution in [2.75, 3.05) is 5.32 Å². The maximum Gasteiger partial charge on any atom is 0.446 e. The predicted molar refractivity (Wildman–Crippen MR) is 60.6 cm³/mol. The van der Waals surface area contributed by atoms with Crippen LogP contribution in [0.25, 0.3) is 0 Å². The Bertz CT molecular complexity index is 407. The molecule has 3 nitrogen and oxygen atoms in total. The molecule has 0 aliphatic rings. The van der Waals surface area contributed by atoms with Crippen LogP contribution in [0.1, 0.15) is 6.92 Å². The molecule has 0 aromatic heterocycles. The van der Waals surface area contributed by atoms with E-state index in [0.717, 1.165) is 0 Å². The van der Waals surface area contributed by atoms with Crippen LogP contribution in [0, 0.1) is 0 Å². The van der Waals surface area contributed by atoms with Crippen molar-refractivity contribution in [2.45, 2.75) is 23.4 Å². The summed E-state index contributed by atoms with van der Waals surface area (Å²) in [5.74, 6) is -0.528. The Morgan fingerprint density at radius 1 is 1.41 bits per heavy atom. The Morgan fingerprint density at radius 2 is 2.00 bits per heavy atom. The zero-order valence-corrected chi connectivity index (χ0v) is 9.73. The van der Waals surface area contributed by atoms with E-state index in [4.69, 9.17) is 5.73 Å². The van der Waals surface area contributed by atoms with Crippen molar-refractivity contribution in [1.29, 1.82) is 0 Å². The van der Waals surface area contributed by atoms with E-state index in [0.29, 0.717) is 0 Å². The Morgan fingerprint density at radius 3 is 2.53 bits per heavy atom. The number of anilines is 1. The van der Waals surface area contributed by atoms with Crippen LogP contribution in [0.3, 0.4) is 0 Å². The third-order valence-corrected chi connectivity index (χ3v) is 2.59. The first-order valence-corrected chi connectivity index (χ1v) is 5.52. The van der Waals surface area contributed by atoms with Crippen LogP contribution in [0.2, 0.25) is 0 Å². The van der Waals surface area contributed by atoms with Crippen molar-refractivity contribution in [3.05, 3.63) is 24.3 Å². The minimum Gasteiger partial charge on any atom is -0.324 e. The number of nitrogens with one attached hydrogen (secondary N) is 1. The van der Waals surface area contributed by atoms with E-state index in [2.05, 4.69) is 5.32 Å². The zero-order chi connectivity index (χ0) is 13.1. The normalized spacial score (nSPS) is 13.2. The van der Waals surface area contributed by atoms with Crippen LogP contribution in [-0.4, -0.2) is 17.5 Å². The standard InChI is InChI=1S/C10H11F3N2OS/c1-6(14)9(16)15-7-4-2-3-5-8(7)17-10(11,12)13/h2-6H,14H2,1H3,(H,15,16)/t6-/m1/s1. The third-order valence-electron chi connectivity index (χ3n) is 1.78. The first kappa shape index (κ1) is 13.9. The van der Waals surface area contributed by atoms with Crippen LogP contribution in [0.5, 0.6) is 0 Å². The van der Waals surface area contributed by atoms with Crippen LogP contribution in [-0.2, 0) is 4.79 Å². The van der Waals surface area contributed by atoms with Gasteiger partial charge in [0.05, 0.1) is 11.7 Å². The Kier molecular flexibility index (Phi) is 4.41. The highest BCUT2D eigenvalue weighted by Gasteiger charge is 2.30. The van der Waals surface area contributed by atoms with Gasteiger partial charge in [0.2, 0.25) is 5.91 Å². The summed E-state index contributed by atoms with van der Waals surface area (Å²) in [5, 5.41) is 2.35. The number of para-hydroxylation sites is 1. The average molecular weight is 264 g/mol. The second-order valence-corrected chi connectivity index (χ2v) is 4.43. The Balaban J connectivity index is 2.89. The summed E-state index contributed by atoms with van der Waals surface area (Å²) in [5.41, 5.74) is 1.03. The molecule has 0 aliphatic heterocycles. The van der Waals surface area contributed by atoms with Crippen LogP contribution in [0.15, 0.2) is 29.2 Å². The average Bonchev–Trinajstić information content (AvgIpc) is 2.18.